The number of allylic oxidation sites excluding steroid dienone is 2. The zero-order chi connectivity index (χ0) is 29.6. The van der Waals surface area contributed by atoms with Gasteiger partial charge in [-0.15, -0.1) is 0 Å². The Balaban J connectivity index is 2.17. The van der Waals surface area contributed by atoms with Crippen LogP contribution < -0.4 is 5.30 Å². The highest BCUT2D eigenvalue weighted by Crippen LogP contribution is 2.87. The van der Waals surface area contributed by atoms with Gasteiger partial charge in [-0.25, -0.2) is 0 Å². The molecule has 214 valence electrons. The zero-order valence-electron chi connectivity index (χ0n) is 27.0. The van der Waals surface area contributed by atoms with E-state index in [9.17, 15) is 0 Å². The predicted octanol–water partition coefficient (Wildman–Crippen LogP) is 11.1. The lowest BCUT2D eigenvalue weighted by Gasteiger charge is -2.45. The van der Waals surface area contributed by atoms with Crippen molar-refractivity contribution in [3.63, 3.8) is 0 Å². The molecular weight excluding hydrogens is 519 g/mol. The predicted molar refractivity (Wildman–Crippen MR) is 179 cm³/mol. The largest absolute Gasteiger partial charge is 0.545 e. The highest BCUT2D eigenvalue weighted by Gasteiger charge is 2.66. The highest BCUT2D eigenvalue weighted by molar-refractivity contribution is 7.80. The molecule has 0 aromatic heterocycles. The van der Waals surface area contributed by atoms with E-state index in [1.807, 2.05) is 0 Å². The Labute approximate surface area is 247 Å². The van der Waals surface area contributed by atoms with Crippen molar-refractivity contribution in [2.24, 2.45) is 5.41 Å². The minimum atomic E-state index is -2.20. The fourth-order valence-corrected chi connectivity index (χ4v) is 16.8. The Bertz CT molecular complexity index is 1280. The van der Waals surface area contributed by atoms with Crippen LogP contribution in [0.4, 0.5) is 0 Å². The van der Waals surface area contributed by atoms with Crippen molar-refractivity contribution in [1.29, 1.82) is 0 Å². The quantitative estimate of drug-likeness (QED) is 0.149. The summed E-state index contributed by atoms with van der Waals surface area (Å²) in [5, 5.41) is 2.86. The molecule has 0 amide bonds. The molecule has 3 aromatic rings. The topological polar surface area (TPSA) is 9.23 Å². The molecule has 0 aliphatic carbocycles. The van der Waals surface area contributed by atoms with Crippen molar-refractivity contribution in [2.45, 2.75) is 105 Å². The van der Waals surface area contributed by atoms with E-state index in [-0.39, 0.29) is 10.6 Å². The van der Waals surface area contributed by atoms with Crippen molar-refractivity contribution >= 4 is 21.5 Å². The number of hydrogen-bond donors (Lipinski definition) is 0. The SMILES string of the molecule is Cc1cc(C)c(P2C(=C(O[Si](C(C)C)(C(C)C)C(C)C)C(C)(C)C)C2(c2ccccc2)c2ccccc2)c(C)c1. The summed E-state index contributed by atoms with van der Waals surface area (Å²) in [6.45, 7) is 28.4. The van der Waals surface area contributed by atoms with E-state index in [4.69, 9.17) is 4.43 Å². The molecule has 0 bridgehead atoms. The third-order valence-electron chi connectivity index (χ3n) is 8.98. The Hall–Kier alpha value is -2.15. The second-order valence-corrected chi connectivity index (χ2v) is 21.5. The second-order valence-electron chi connectivity index (χ2n) is 13.9. The molecule has 1 fully saturated rings. The van der Waals surface area contributed by atoms with Crippen molar-refractivity contribution in [3.8, 4) is 0 Å². The first-order valence-corrected chi connectivity index (χ1v) is 18.6. The van der Waals surface area contributed by atoms with Crippen molar-refractivity contribution in [3.05, 3.63) is 112 Å². The van der Waals surface area contributed by atoms with Crippen LogP contribution in [-0.4, -0.2) is 8.32 Å². The summed E-state index contributed by atoms with van der Waals surface area (Å²) in [6, 6.07) is 27.3. The Kier molecular flexibility index (Phi) is 8.67. The Morgan fingerprint density at radius 2 is 1.10 bits per heavy atom. The molecule has 1 atom stereocenters. The van der Waals surface area contributed by atoms with Gasteiger partial charge in [0.05, 0.1) is 10.9 Å². The molecule has 1 nitrogen and oxygen atoms in total. The molecule has 3 heteroatoms. The normalized spacial score (nSPS) is 18.4. The minimum absolute atomic E-state index is 0.120. The van der Waals surface area contributed by atoms with Crippen LogP contribution in [0.1, 0.15) is 90.1 Å². The molecular formula is C37H51OPSi. The Morgan fingerprint density at radius 3 is 1.45 bits per heavy atom. The summed E-state index contributed by atoms with van der Waals surface area (Å²) in [6.07, 6.45) is 0. The van der Waals surface area contributed by atoms with Crippen molar-refractivity contribution < 1.29 is 4.43 Å². The van der Waals surface area contributed by atoms with Crippen molar-refractivity contribution in [1.82, 2.24) is 0 Å². The fraction of sp³-hybridized carbons (Fsp3) is 0.459. The lowest BCUT2D eigenvalue weighted by Crippen LogP contribution is -2.48. The van der Waals surface area contributed by atoms with E-state index < -0.39 is 16.2 Å². The van der Waals surface area contributed by atoms with E-state index in [1.165, 1.54) is 44.2 Å². The van der Waals surface area contributed by atoms with Gasteiger partial charge in [-0.3, -0.25) is 0 Å². The van der Waals surface area contributed by atoms with Gasteiger partial charge in [-0.05, 0) is 72.9 Å². The first-order valence-electron chi connectivity index (χ1n) is 15.1. The van der Waals surface area contributed by atoms with Crippen LogP contribution in [0.25, 0.3) is 0 Å². The van der Waals surface area contributed by atoms with Crippen molar-refractivity contribution in [2.75, 3.05) is 0 Å². The molecule has 1 aliphatic rings. The van der Waals surface area contributed by atoms with Gasteiger partial charge in [-0.2, -0.15) is 0 Å². The number of benzene rings is 3. The molecule has 0 radical (unpaired) electrons. The maximum absolute atomic E-state index is 7.80. The number of aryl methyl sites for hydroxylation is 3. The first-order chi connectivity index (χ1) is 18.7. The molecule has 1 saturated heterocycles. The smallest absolute Gasteiger partial charge is 0.258 e. The van der Waals surface area contributed by atoms with E-state index >= 15 is 0 Å². The zero-order valence-corrected chi connectivity index (χ0v) is 28.9. The summed E-state index contributed by atoms with van der Waals surface area (Å²) in [4.78, 5) is 0. The van der Waals surface area contributed by atoms with Gasteiger partial charge in [0.15, 0.2) is 0 Å². The third-order valence-corrected chi connectivity index (χ3v) is 18.3. The first kappa shape index (κ1) is 30.8. The molecule has 4 rings (SSSR count). The molecule has 0 N–H and O–H groups in total. The van der Waals surface area contributed by atoms with Crippen LogP contribution >= 0.6 is 7.92 Å². The minimum Gasteiger partial charge on any atom is -0.545 e. The summed E-state index contributed by atoms with van der Waals surface area (Å²) >= 11 is 0. The summed E-state index contributed by atoms with van der Waals surface area (Å²) in [5.41, 5.74) is 8.35. The second kappa shape index (κ2) is 11.3. The molecule has 3 aromatic carbocycles. The lowest BCUT2D eigenvalue weighted by molar-refractivity contribution is 0.264. The van der Waals surface area contributed by atoms with E-state index in [2.05, 4.69) is 156 Å². The summed E-state index contributed by atoms with van der Waals surface area (Å²) in [5.74, 6) is 1.26. The van der Waals surface area contributed by atoms with Gasteiger partial charge in [-0.1, -0.05) is 141 Å². The number of hydrogen-bond acceptors (Lipinski definition) is 1. The van der Waals surface area contributed by atoms with Crippen LogP contribution in [0.15, 0.2) is 83.9 Å². The monoisotopic (exact) mass is 570 g/mol. The molecule has 1 aliphatic heterocycles. The van der Waals surface area contributed by atoms with E-state index in [1.54, 1.807) is 0 Å². The molecule has 0 spiro atoms. The average Bonchev–Trinajstić information content (AvgIpc) is 3.53. The molecule has 1 unspecified atom stereocenters. The summed E-state index contributed by atoms with van der Waals surface area (Å²) in [7, 11) is -2.90. The van der Waals surface area contributed by atoms with Crippen LogP contribution in [0.5, 0.6) is 0 Å². The van der Waals surface area contributed by atoms with E-state index in [0.717, 1.165) is 0 Å². The van der Waals surface area contributed by atoms with E-state index in [0.29, 0.717) is 16.6 Å². The van der Waals surface area contributed by atoms with Gasteiger partial charge in [0.2, 0.25) is 0 Å². The highest BCUT2D eigenvalue weighted by atomic mass is 31.1. The van der Waals surface area contributed by atoms with Crippen LogP contribution in [0, 0.1) is 26.2 Å². The van der Waals surface area contributed by atoms with Crippen LogP contribution in [-0.2, 0) is 9.58 Å². The molecule has 0 saturated carbocycles. The van der Waals surface area contributed by atoms with Gasteiger partial charge < -0.3 is 4.43 Å². The lowest BCUT2D eigenvalue weighted by atomic mass is 9.86. The van der Waals surface area contributed by atoms with Gasteiger partial charge >= 0.3 is 0 Å². The maximum Gasteiger partial charge on any atom is 0.258 e. The van der Waals surface area contributed by atoms with Crippen LogP contribution in [0.3, 0.4) is 0 Å². The van der Waals surface area contributed by atoms with Gasteiger partial charge in [0.25, 0.3) is 8.32 Å². The molecule has 40 heavy (non-hydrogen) atoms. The summed E-state index contributed by atoms with van der Waals surface area (Å²) < 4.78 is 7.80. The maximum atomic E-state index is 7.80. The fourth-order valence-electron chi connectivity index (χ4n) is 7.46. The molecule has 1 heterocycles. The number of rotatable bonds is 8. The Morgan fingerprint density at radius 1 is 0.700 bits per heavy atom. The average molecular weight is 571 g/mol. The van der Waals surface area contributed by atoms with Gasteiger partial charge in [0, 0.05) is 10.7 Å². The van der Waals surface area contributed by atoms with Crippen LogP contribution in [0.2, 0.25) is 16.6 Å². The standard InChI is InChI=1S/C37H51OPSi/c1-25(2)40(26(3)4,27(5)6)38-34(36(10,11)12)35-37(31-19-15-13-16-20-31,32-21-17-14-18-22-32)39(35)33-29(8)23-28(7)24-30(33)9/h13-27H,1-12H3. The third kappa shape index (κ3) is 5.05. The van der Waals surface area contributed by atoms with Gasteiger partial charge in [0.1, 0.15) is 0 Å².